The number of rotatable bonds is 4. The molecule has 25 heavy (non-hydrogen) atoms. The molecule has 0 aromatic heterocycles. The molecule has 0 spiro atoms. The van der Waals surface area contributed by atoms with Crippen molar-refractivity contribution in [3.05, 3.63) is 34.4 Å². The highest BCUT2D eigenvalue weighted by molar-refractivity contribution is 6.30. The van der Waals surface area contributed by atoms with E-state index in [-0.39, 0.29) is 5.92 Å². The Kier molecular flexibility index (Phi) is 5.34. The van der Waals surface area contributed by atoms with Crippen LogP contribution in [0.25, 0.3) is 0 Å². The van der Waals surface area contributed by atoms with E-state index in [1.807, 2.05) is 5.92 Å². The fourth-order valence-electron chi connectivity index (χ4n) is 2.75. The summed E-state index contributed by atoms with van der Waals surface area (Å²) in [6, 6.07) is 0. The summed E-state index contributed by atoms with van der Waals surface area (Å²) in [5, 5.41) is 2.17. The van der Waals surface area contributed by atoms with E-state index < -0.39 is 64.7 Å². The van der Waals surface area contributed by atoms with Crippen LogP contribution in [-0.4, -0.2) is 5.97 Å². The standard InChI is InChI=1S/C18H13ClF4O2/c1-4-5-9-13(20)15(22)10(16(23)14(9)21)8-25-17(24)12-11(6-7-19)18(12,2)3/h1,11-12H,5,8H2,2-3H3. The lowest BCUT2D eigenvalue weighted by molar-refractivity contribution is -0.147. The molecule has 2 unspecified atom stereocenters. The number of carbonyl (C=O) groups excluding carboxylic acids is 1. The molecule has 7 heteroatoms. The molecule has 2 atom stereocenters. The molecule has 1 aliphatic carbocycles. The molecule has 0 heterocycles. The zero-order valence-corrected chi connectivity index (χ0v) is 14.1. The van der Waals surface area contributed by atoms with Gasteiger partial charge in [-0.1, -0.05) is 19.8 Å². The van der Waals surface area contributed by atoms with E-state index in [2.05, 4.69) is 11.3 Å². The lowest BCUT2D eigenvalue weighted by Gasteiger charge is -2.11. The van der Waals surface area contributed by atoms with Crippen molar-refractivity contribution >= 4 is 17.6 Å². The molecule has 1 saturated carbocycles. The van der Waals surface area contributed by atoms with Gasteiger partial charge < -0.3 is 4.74 Å². The van der Waals surface area contributed by atoms with E-state index in [4.69, 9.17) is 22.8 Å². The number of carbonyl (C=O) groups is 1. The number of hydrogen-bond donors (Lipinski definition) is 0. The summed E-state index contributed by atoms with van der Waals surface area (Å²) in [6.07, 6.45) is 4.31. The van der Waals surface area contributed by atoms with Crippen molar-refractivity contribution < 1.29 is 27.1 Å². The maximum Gasteiger partial charge on any atom is 0.311 e. The Morgan fingerprint density at radius 2 is 1.68 bits per heavy atom. The molecule has 1 aliphatic rings. The molecule has 2 rings (SSSR count). The van der Waals surface area contributed by atoms with Gasteiger partial charge in [-0.05, 0) is 17.0 Å². The second-order valence-electron chi connectivity index (χ2n) is 6.22. The van der Waals surface area contributed by atoms with E-state index >= 15 is 0 Å². The minimum absolute atomic E-state index is 0.362. The second-order valence-corrected chi connectivity index (χ2v) is 6.41. The fraction of sp³-hybridized carbons (Fsp3) is 0.389. The van der Waals surface area contributed by atoms with Gasteiger partial charge in [-0.15, -0.1) is 12.3 Å². The van der Waals surface area contributed by atoms with Crippen molar-refractivity contribution in [2.45, 2.75) is 26.9 Å². The van der Waals surface area contributed by atoms with Gasteiger partial charge in [0.2, 0.25) is 0 Å². The smallest absolute Gasteiger partial charge is 0.311 e. The Morgan fingerprint density at radius 3 is 2.16 bits per heavy atom. The van der Waals surface area contributed by atoms with Gasteiger partial charge in [0, 0.05) is 23.3 Å². The van der Waals surface area contributed by atoms with Gasteiger partial charge in [0.05, 0.1) is 11.5 Å². The van der Waals surface area contributed by atoms with Crippen molar-refractivity contribution in [1.29, 1.82) is 0 Å². The van der Waals surface area contributed by atoms with Crippen molar-refractivity contribution in [1.82, 2.24) is 0 Å². The van der Waals surface area contributed by atoms with Crippen molar-refractivity contribution in [3.63, 3.8) is 0 Å². The molecule has 0 saturated heterocycles. The highest BCUT2D eigenvalue weighted by Gasteiger charge is 2.62. The van der Waals surface area contributed by atoms with Gasteiger partial charge in [0.15, 0.2) is 23.3 Å². The fourth-order valence-corrected chi connectivity index (χ4v) is 2.86. The molecule has 0 aliphatic heterocycles. The van der Waals surface area contributed by atoms with E-state index in [1.165, 1.54) is 0 Å². The van der Waals surface area contributed by atoms with Crippen LogP contribution in [0.4, 0.5) is 17.6 Å². The summed E-state index contributed by atoms with van der Waals surface area (Å²) >= 11 is 5.31. The maximum atomic E-state index is 14.0. The lowest BCUT2D eigenvalue weighted by Crippen LogP contribution is -2.14. The summed E-state index contributed by atoms with van der Waals surface area (Å²) in [6.45, 7) is 2.55. The van der Waals surface area contributed by atoms with E-state index in [9.17, 15) is 22.4 Å². The van der Waals surface area contributed by atoms with Gasteiger partial charge in [-0.3, -0.25) is 4.79 Å². The number of hydrogen-bond acceptors (Lipinski definition) is 2. The summed E-state index contributed by atoms with van der Waals surface area (Å²) in [7, 11) is 0. The zero-order valence-electron chi connectivity index (χ0n) is 13.4. The van der Waals surface area contributed by atoms with Crippen LogP contribution in [0.15, 0.2) is 0 Å². The first-order chi connectivity index (χ1) is 11.7. The normalized spacial score (nSPS) is 20.2. The van der Waals surface area contributed by atoms with Crippen LogP contribution in [0.1, 0.15) is 25.0 Å². The molecule has 0 radical (unpaired) electrons. The highest BCUT2D eigenvalue weighted by Crippen LogP contribution is 2.58. The third kappa shape index (κ3) is 3.32. The third-order valence-electron chi connectivity index (χ3n) is 4.37. The van der Waals surface area contributed by atoms with E-state index in [0.29, 0.717) is 0 Å². The molecule has 1 aromatic rings. The summed E-state index contributed by atoms with van der Waals surface area (Å²) < 4.78 is 60.4. The van der Waals surface area contributed by atoms with Gasteiger partial charge in [0.25, 0.3) is 0 Å². The first-order valence-corrected chi connectivity index (χ1v) is 7.61. The van der Waals surface area contributed by atoms with Crippen LogP contribution in [0.3, 0.4) is 0 Å². The second kappa shape index (κ2) is 6.98. The Hall–Kier alpha value is -2.18. The summed E-state index contributed by atoms with van der Waals surface area (Å²) in [5.74, 6) is -3.70. The molecule has 132 valence electrons. The highest BCUT2D eigenvalue weighted by atomic mass is 35.5. The minimum atomic E-state index is -1.64. The number of ether oxygens (including phenoxy) is 1. The first kappa shape index (κ1) is 19.1. The maximum absolute atomic E-state index is 14.0. The molecular formula is C18H13ClF4O2. The van der Waals surface area contributed by atoms with Gasteiger partial charge >= 0.3 is 5.97 Å². The summed E-state index contributed by atoms with van der Waals surface area (Å²) in [5.41, 5.74) is -2.40. The number of terminal acetylenes is 1. The number of benzene rings is 1. The molecule has 2 nitrogen and oxygen atoms in total. The van der Waals surface area contributed by atoms with Crippen LogP contribution in [0.2, 0.25) is 0 Å². The number of halogens is 5. The molecule has 0 amide bonds. The summed E-state index contributed by atoms with van der Waals surface area (Å²) in [4.78, 5) is 12.0. The monoisotopic (exact) mass is 372 g/mol. The van der Waals surface area contributed by atoms with E-state index in [1.54, 1.807) is 13.8 Å². The molecular weight excluding hydrogens is 360 g/mol. The average Bonchev–Trinajstić information content (AvgIpc) is 3.10. The predicted molar refractivity (Wildman–Crippen MR) is 83.0 cm³/mol. The Balaban J connectivity index is 2.21. The SMILES string of the molecule is C#CCc1c(F)c(F)c(COC(=O)C2C(C#CCl)C2(C)C)c(F)c1F. The minimum Gasteiger partial charge on any atom is -0.460 e. The Bertz CT molecular complexity index is 801. The molecule has 0 bridgehead atoms. The van der Waals surface area contributed by atoms with Gasteiger partial charge in [-0.2, -0.15) is 0 Å². The van der Waals surface area contributed by atoms with Crippen LogP contribution in [-0.2, 0) is 22.6 Å². The first-order valence-electron chi connectivity index (χ1n) is 7.23. The zero-order chi connectivity index (χ0) is 18.9. The van der Waals surface area contributed by atoms with Crippen molar-refractivity contribution in [2.24, 2.45) is 17.3 Å². The van der Waals surface area contributed by atoms with E-state index in [0.717, 1.165) is 0 Å². The van der Waals surface area contributed by atoms with Gasteiger partial charge in [0.1, 0.15) is 6.61 Å². The molecule has 1 fully saturated rings. The molecule has 1 aromatic carbocycles. The van der Waals surface area contributed by atoms with Gasteiger partial charge in [-0.25, -0.2) is 17.6 Å². The van der Waals surface area contributed by atoms with Crippen LogP contribution >= 0.6 is 11.6 Å². The van der Waals surface area contributed by atoms with Crippen LogP contribution in [0.5, 0.6) is 0 Å². The quantitative estimate of drug-likeness (QED) is 0.346. The van der Waals surface area contributed by atoms with Crippen LogP contribution < -0.4 is 0 Å². The predicted octanol–water partition coefficient (Wildman–Crippen LogP) is 3.93. The number of esters is 1. The Morgan fingerprint density at radius 1 is 1.16 bits per heavy atom. The van der Waals surface area contributed by atoms with Crippen molar-refractivity contribution in [2.75, 3.05) is 0 Å². The van der Waals surface area contributed by atoms with Crippen molar-refractivity contribution in [3.8, 4) is 23.6 Å². The molecule has 0 N–H and O–H groups in total. The Labute approximate surface area is 147 Å². The van der Waals surface area contributed by atoms with Crippen LogP contribution in [0, 0.1) is 64.2 Å². The average molecular weight is 373 g/mol. The third-order valence-corrected chi connectivity index (χ3v) is 4.48. The topological polar surface area (TPSA) is 26.3 Å². The largest absolute Gasteiger partial charge is 0.460 e. The lowest BCUT2D eigenvalue weighted by atomic mass is 10.1.